The van der Waals surface area contributed by atoms with Gasteiger partial charge in [-0.25, -0.2) is 4.39 Å². The molecule has 2 aromatic carbocycles. The summed E-state index contributed by atoms with van der Waals surface area (Å²) < 4.78 is 24.6. The number of ether oxygens (including phenoxy) is 1. The molecular formula is C17H16FNO2. The molecular weight excluding hydrogens is 269 g/mol. The Kier molecular flexibility index (Phi) is 3.62. The van der Waals surface area contributed by atoms with Gasteiger partial charge in [-0.3, -0.25) is 0 Å². The van der Waals surface area contributed by atoms with Crippen molar-refractivity contribution in [2.24, 2.45) is 5.73 Å². The average molecular weight is 285 g/mol. The van der Waals surface area contributed by atoms with Crippen LogP contribution in [0.5, 0.6) is 5.75 Å². The second kappa shape index (κ2) is 5.58. The van der Waals surface area contributed by atoms with Crippen LogP contribution in [0.3, 0.4) is 0 Å². The number of aryl methyl sites for hydroxylation is 1. The van der Waals surface area contributed by atoms with Gasteiger partial charge < -0.3 is 14.9 Å². The molecule has 0 unspecified atom stereocenters. The molecule has 21 heavy (non-hydrogen) atoms. The molecule has 0 amide bonds. The van der Waals surface area contributed by atoms with Crippen LogP contribution < -0.4 is 10.5 Å². The maximum atomic E-state index is 13.1. The van der Waals surface area contributed by atoms with Crippen LogP contribution in [0.1, 0.15) is 16.9 Å². The second-order valence-corrected chi connectivity index (χ2v) is 4.90. The topological polar surface area (TPSA) is 48.4 Å². The van der Waals surface area contributed by atoms with Gasteiger partial charge in [0.25, 0.3) is 0 Å². The fourth-order valence-corrected chi connectivity index (χ4v) is 2.40. The van der Waals surface area contributed by atoms with Gasteiger partial charge in [-0.05, 0) is 36.8 Å². The number of furan rings is 1. The summed E-state index contributed by atoms with van der Waals surface area (Å²) in [5, 5.41) is 0.998. The summed E-state index contributed by atoms with van der Waals surface area (Å²) >= 11 is 0. The van der Waals surface area contributed by atoms with Gasteiger partial charge in [-0.1, -0.05) is 18.2 Å². The van der Waals surface area contributed by atoms with E-state index >= 15 is 0 Å². The first-order chi connectivity index (χ1) is 10.2. The van der Waals surface area contributed by atoms with E-state index in [0.29, 0.717) is 18.9 Å². The van der Waals surface area contributed by atoms with E-state index in [-0.39, 0.29) is 5.82 Å². The molecule has 2 N–H and O–H groups in total. The summed E-state index contributed by atoms with van der Waals surface area (Å²) in [5.41, 5.74) is 8.24. The van der Waals surface area contributed by atoms with Crippen molar-refractivity contribution in [1.29, 1.82) is 0 Å². The van der Waals surface area contributed by atoms with Gasteiger partial charge in [0.1, 0.15) is 29.5 Å². The molecule has 0 aliphatic rings. The summed E-state index contributed by atoms with van der Waals surface area (Å²) in [4.78, 5) is 0. The zero-order valence-corrected chi connectivity index (χ0v) is 11.7. The number of para-hydroxylation sites is 1. The Labute approximate surface area is 122 Å². The van der Waals surface area contributed by atoms with Crippen LogP contribution in [-0.2, 0) is 13.2 Å². The lowest BCUT2D eigenvalue weighted by Gasteiger charge is -2.09. The van der Waals surface area contributed by atoms with Gasteiger partial charge in [0, 0.05) is 10.9 Å². The number of hydrogen-bond donors (Lipinski definition) is 1. The molecule has 0 fully saturated rings. The lowest BCUT2D eigenvalue weighted by Crippen LogP contribution is -2.03. The number of nitrogens with two attached hydrogens (primary N) is 1. The van der Waals surface area contributed by atoms with E-state index in [4.69, 9.17) is 14.9 Å². The third-order valence-electron chi connectivity index (χ3n) is 3.48. The molecule has 0 radical (unpaired) electrons. The van der Waals surface area contributed by atoms with E-state index in [2.05, 4.69) is 0 Å². The summed E-state index contributed by atoms with van der Waals surface area (Å²) in [6.07, 6.45) is 0. The molecule has 108 valence electrons. The van der Waals surface area contributed by atoms with Crippen LogP contribution in [0.25, 0.3) is 11.0 Å². The molecule has 0 saturated heterocycles. The predicted octanol–water partition coefficient (Wildman–Crippen LogP) is 3.92. The fourth-order valence-electron chi connectivity index (χ4n) is 2.40. The maximum absolute atomic E-state index is 13.1. The van der Waals surface area contributed by atoms with Gasteiger partial charge in [0.05, 0.1) is 6.54 Å². The van der Waals surface area contributed by atoms with E-state index in [1.54, 1.807) is 6.07 Å². The number of halogens is 1. The highest BCUT2D eigenvalue weighted by Gasteiger charge is 2.13. The smallest absolute Gasteiger partial charge is 0.134 e. The summed E-state index contributed by atoms with van der Waals surface area (Å²) in [6, 6.07) is 12.2. The lowest BCUT2D eigenvalue weighted by atomic mass is 10.1. The molecule has 4 heteroatoms. The minimum Gasteiger partial charge on any atom is -0.488 e. The SMILES string of the molecule is Cc1cc(F)ccc1OCc1c(CN)oc2ccccc12. The molecule has 3 nitrogen and oxygen atoms in total. The predicted molar refractivity (Wildman–Crippen MR) is 79.6 cm³/mol. The fraction of sp³-hybridized carbons (Fsp3) is 0.176. The summed E-state index contributed by atoms with van der Waals surface area (Å²) in [7, 11) is 0. The zero-order valence-electron chi connectivity index (χ0n) is 11.7. The Balaban J connectivity index is 1.91. The van der Waals surface area contributed by atoms with Gasteiger partial charge in [0.15, 0.2) is 0 Å². The molecule has 3 rings (SSSR count). The molecule has 0 spiro atoms. The molecule has 0 saturated carbocycles. The van der Waals surface area contributed by atoms with Crippen molar-refractivity contribution in [2.45, 2.75) is 20.1 Å². The normalized spacial score (nSPS) is 11.0. The van der Waals surface area contributed by atoms with Gasteiger partial charge in [-0.2, -0.15) is 0 Å². The van der Waals surface area contributed by atoms with E-state index in [1.165, 1.54) is 12.1 Å². The quantitative estimate of drug-likeness (QED) is 0.790. The Morgan fingerprint density at radius 1 is 1.19 bits per heavy atom. The molecule has 1 heterocycles. The largest absolute Gasteiger partial charge is 0.488 e. The van der Waals surface area contributed by atoms with Gasteiger partial charge >= 0.3 is 0 Å². The van der Waals surface area contributed by atoms with E-state index in [0.717, 1.165) is 27.9 Å². The van der Waals surface area contributed by atoms with Crippen LogP contribution in [0.15, 0.2) is 46.9 Å². The van der Waals surface area contributed by atoms with Crippen molar-refractivity contribution in [3.8, 4) is 5.75 Å². The van der Waals surface area contributed by atoms with E-state index < -0.39 is 0 Å². The Bertz CT molecular complexity index is 780. The highest BCUT2D eigenvalue weighted by Crippen LogP contribution is 2.28. The van der Waals surface area contributed by atoms with Crippen LogP contribution in [-0.4, -0.2) is 0 Å². The van der Waals surface area contributed by atoms with Crippen LogP contribution in [0.2, 0.25) is 0 Å². The minimum absolute atomic E-state index is 0.267. The first-order valence-corrected chi connectivity index (χ1v) is 6.77. The molecule has 0 atom stereocenters. The van der Waals surface area contributed by atoms with Crippen LogP contribution in [0, 0.1) is 12.7 Å². The summed E-state index contributed by atoms with van der Waals surface area (Å²) in [5.74, 6) is 1.11. The first-order valence-electron chi connectivity index (χ1n) is 6.77. The standard InChI is InChI=1S/C17H16FNO2/c1-11-8-12(18)6-7-15(11)20-10-14-13-4-2-3-5-16(13)21-17(14)9-19/h2-8H,9-10,19H2,1H3. The highest BCUT2D eigenvalue weighted by atomic mass is 19.1. The highest BCUT2D eigenvalue weighted by molar-refractivity contribution is 5.82. The first kappa shape index (κ1) is 13.6. The second-order valence-electron chi connectivity index (χ2n) is 4.90. The Morgan fingerprint density at radius 3 is 2.76 bits per heavy atom. The Hall–Kier alpha value is -2.33. The average Bonchev–Trinajstić information content (AvgIpc) is 2.84. The van der Waals surface area contributed by atoms with Crippen LogP contribution >= 0.6 is 0 Å². The molecule has 3 aromatic rings. The molecule has 0 bridgehead atoms. The zero-order chi connectivity index (χ0) is 14.8. The number of benzene rings is 2. The summed E-state index contributed by atoms with van der Waals surface area (Å²) in [6.45, 7) is 2.47. The molecule has 0 aliphatic carbocycles. The van der Waals surface area contributed by atoms with Gasteiger partial charge in [0.2, 0.25) is 0 Å². The van der Waals surface area contributed by atoms with E-state index in [1.807, 2.05) is 31.2 Å². The number of hydrogen-bond acceptors (Lipinski definition) is 3. The van der Waals surface area contributed by atoms with E-state index in [9.17, 15) is 4.39 Å². The van der Waals surface area contributed by atoms with Crippen molar-refractivity contribution in [2.75, 3.05) is 0 Å². The molecule has 0 aliphatic heterocycles. The minimum atomic E-state index is -0.267. The van der Waals surface area contributed by atoms with Crippen molar-refractivity contribution in [3.05, 3.63) is 65.2 Å². The number of rotatable bonds is 4. The van der Waals surface area contributed by atoms with Gasteiger partial charge in [-0.15, -0.1) is 0 Å². The third kappa shape index (κ3) is 2.62. The monoisotopic (exact) mass is 285 g/mol. The van der Waals surface area contributed by atoms with Crippen molar-refractivity contribution in [3.63, 3.8) is 0 Å². The number of fused-ring (bicyclic) bond motifs is 1. The van der Waals surface area contributed by atoms with Crippen molar-refractivity contribution >= 4 is 11.0 Å². The maximum Gasteiger partial charge on any atom is 0.134 e. The third-order valence-corrected chi connectivity index (χ3v) is 3.48. The molecule has 1 aromatic heterocycles. The van der Waals surface area contributed by atoms with Crippen molar-refractivity contribution in [1.82, 2.24) is 0 Å². The Morgan fingerprint density at radius 2 is 2.00 bits per heavy atom. The van der Waals surface area contributed by atoms with Crippen molar-refractivity contribution < 1.29 is 13.5 Å². The van der Waals surface area contributed by atoms with Crippen LogP contribution in [0.4, 0.5) is 4.39 Å². The lowest BCUT2D eigenvalue weighted by molar-refractivity contribution is 0.301.